The zero-order valence-electron chi connectivity index (χ0n) is 9.63. The summed E-state index contributed by atoms with van der Waals surface area (Å²) in [5, 5.41) is 12.8. The first-order valence-corrected chi connectivity index (χ1v) is 5.20. The fourth-order valence-electron chi connectivity index (χ4n) is 1.52. The Balaban J connectivity index is 2.15. The highest BCUT2D eigenvalue weighted by Gasteiger charge is 2.15. The second kappa shape index (κ2) is 4.87. The monoisotopic (exact) mass is 250 g/mol. The molecular weight excluding hydrogens is 239 g/mol. The highest BCUT2D eigenvalue weighted by atomic mass is 19.1. The van der Waals surface area contributed by atoms with Crippen molar-refractivity contribution in [1.29, 1.82) is 0 Å². The first-order valence-electron chi connectivity index (χ1n) is 5.20. The maximum Gasteiger partial charge on any atom is 0.339 e. The number of aromatic nitrogens is 2. The van der Waals surface area contributed by atoms with Gasteiger partial charge in [-0.2, -0.15) is 5.10 Å². The molecule has 2 rings (SSSR count). The van der Waals surface area contributed by atoms with Gasteiger partial charge in [-0.1, -0.05) is 6.07 Å². The van der Waals surface area contributed by atoms with Crippen molar-refractivity contribution < 1.29 is 19.0 Å². The Morgan fingerprint density at radius 2 is 2.33 bits per heavy atom. The van der Waals surface area contributed by atoms with Crippen LogP contribution in [-0.4, -0.2) is 20.9 Å². The van der Waals surface area contributed by atoms with Crippen LogP contribution in [0.25, 0.3) is 0 Å². The van der Waals surface area contributed by atoms with Gasteiger partial charge in [0.15, 0.2) is 0 Å². The number of ether oxygens (including phenoxy) is 1. The number of aromatic carboxylic acids is 1. The lowest BCUT2D eigenvalue weighted by molar-refractivity contribution is 0.0693. The van der Waals surface area contributed by atoms with E-state index in [9.17, 15) is 9.18 Å². The summed E-state index contributed by atoms with van der Waals surface area (Å²) in [4.78, 5) is 10.9. The molecule has 1 N–H and O–H groups in total. The van der Waals surface area contributed by atoms with E-state index < -0.39 is 11.8 Å². The summed E-state index contributed by atoms with van der Waals surface area (Å²) < 4.78 is 19.7. The molecule has 94 valence electrons. The van der Waals surface area contributed by atoms with Crippen LogP contribution in [0.4, 0.5) is 4.39 Å². The minimum atomic E-state index is -1.07. The molecule has 18 heavy (non-hydrogen) atoms. The number of carboxylic acid groups (broad SMARTS) is 1. The summed E-state index contributed by atoms with van der Waals surface area (Å²) in [6.07, 6.45) is 1.26. The fourth-order valence-corrected chi connectivity index (χ4v) is 1.52. The number of aryl methyl sites for hydroxylation is 1. The van der Waals surface area contributed by atoms with Gasteiger partial charge in [0.05, 0.1) is 11.9 Å². The van der Waals surface area contributed by atoms with Gasteiger partial charge in [0.25, 0.3) is 0 Å². The van der Waals surface area contributed by atoms with E-state index in [0.717, 1.165) is 0 Å². The standard InChI is InChI=1S/C12H11FN2O3/c1-15-11(10(6-14-15)12(16)17)7-18-9-4-2-3-8(13)5-9/h2-6H,7H2,1H3,(H,16,17). The van der Waals surface area contributed by atoms with E-state index in [-0.39, 0.29) is 12.2 Å². The van der Waals surface area contributed by atoms with E-state index >= 15 is 0 Å². The quantitative estimate of drug-likeness (QED) is 0.899. The van der Waals surface area contributed by atoms with Crippen molar-refractivity contribution >= 4 is 5.97 Å². The summed E-state index contributed by atoms with van der Waals surface area (Å²) in [7, 11) is 1.62. The molecule has 0 amide bonds. The lowest BCUT2D eigenvalue weighted by Gasteiger charge is -2.07. The molecule has 0 saturated carbocycles. The van der Waals surface area contributed by atoms with Crippen molar-refractivity contribution in [2.75, 3.05) is 0 Å². The summed E-state index contributed by atoms with van der Waals surface area (Å²) in [6.45, 7) is 0.0155. The molecule has 6 heteroatoms. The molecule has 0 radical (unpaired) electrons. The third kappa shape index (κ3) is 2.48. The average molecular weight is 250 g/mol. The van der Waals surface area contributed by atoms with Crippen molar-refractivity contribution in [3.63, 3.8) is 0 Å². The van der Waals surface area contributed by atoms with Crippen molar-refractivity contribution in [2.45, 2.75) is 6.61 Å². The molecular formula is C12H11FN2O3. The SMILES string of the molecule is Cn1ncc(C(=O)O)c1COc1cccc(F)c1. The number of benzene rings is 1. The van der Waals surface area contributed by atoms with Gasteiger partial charge in [0.2, 0.25) is 0 Å². The summed E-state index contributed by atoms with van der Waals surface area (Å²) in [5.74, 6) is -1.13. The molecule has 1 aromatic carbocycles. The third-order valence-corrected chi connectivity index (χ3v) is 2.46. The Bertz CT molecular complexity index is 580. The zero-order valence-corrected chi connectivity index (χ0v) is 9.63. The average Bonchev–Trinajstić information content (AvgIpc) is 2.68. The van der Waals surface area contributed by atoms with Gasteiger partial charge in [-0.3, -0.25) is 4.68 Å². The van der Waals surface area contributed by atoms with Gasteiger partial charge in [-0.15, -0.1) is 0 Å². The van der Waals surface area contributed by atoms with Gasteiger partial charge >= 0.3 is 5.97 Å². The van der Waals surface area contributed by atoms with Gasteiger partial charge in [0, 0.05) is 13.1 Å². The normalized spacial score (nSPS) is 10.3. The van der Waals surface area contributed by atoms with E-state index in [1.807, 2.05) is 0 Å². The molecule has 1 aromatic heterocycles. The van der Waals surface area contributed by atoms with Gasteiger partial charge in [-0.05, 0) is 12.1 Å². The molecule has 2 aromatic rings. The van der Waals surface area contributed by atoms with Crippen LogP contribution in [0.3, 0.4) is 0 Å². The third-order valence-electron chi connectivity index (χ3n) is 2.46. The second-order valence-corrected chi connectivity index (χ2v) is 3.68. The topological polar surface area (TPSA) is 64.4 Å². The minimum Gasteiger partial charge on any atom is -0.487 e. The number of carbonyl (C=O) groups is 1. The Morgan fingerprint density at radius 3 is 3.00 bits per heavy atom. The summed E-state index contributed by atoms with van der Waals surface area (Å²) in [6, 6.07) is 5.66. The number of carboxylic acids is 1. The van der Waals surface area contributed by atoms with Crippen molar-refractivity contribution in [1.82, 2.24) is 9.78 Å². The number of rotatable bonds is 4. The number of hydrogen-bond donors (Lipinski definition) is 1. The number of hydrogen-bond acceptors (Lipinski definition) is 3. The molecule has 0 atom stereocenters. The van der Waals surface area contributed by atoms with Gasteiger partial charge in [0.1, 0.15) is 23.7 Å². The van der Waals surface area contributed by atoms with Crippen LogP contribution in [0, 0.1) is 5.82 Å². The first-order chi connectivity index (χ1) is 8.58. The molecule has 0 aliphatic heterocycles. The largest absolute Gasteiger partial charge is 0.487 e. The van der Waals surface area contributed by atoms with Crippen LogP contribution in [0.15, 0.2) is 30.5 Å². The van der Waals surface area contributed by atoms with Crippen LogP contribution < -0.4 is 4.74 Å². The molecule has 0 spiro atoms. The van der Waals surface area contributed by atoms with E-state index in [1.54, 1.807) is 13.1 Å². The van der Waals surface area contributed by atoms with Crippen LogP contribution in [0.1, 0.15) is 16.1 Å². The van der Waals surface area contributed by atoms with Gasteiger partial charge < -0.3 is 9.84 Å². The Morgan fingerprint density at radius 1 is 1.56 bits per heavy atom. The molecule has 0 aliphatic rings. The van der Waals surface area contributed by atoms with Crippen LogP contribution in [-0.2, 0) is 13.7 Å². The number of nitrogens with zero attached hydrogens (tertiary/aromatic N) is 2. The predicted molar refractivity (Wildman–Crippen MR) is 60.9 cm³/mol. The highest BCUT2D eigenvalue weighted by Crippen LogP contribution is 2.15. The van der Waals surface area contributed by atoms with Crippen LogP contribution >= 0.6 is 0 Å². The molecule has 1 heterocycles. The Labute approximate surface area is 102 Å². The van der Waals surface area contributed by atoms with E-state index in [4.69, 9.17) is 9.84 Å². The van der Waals surface area contributed by atoms with Gasteiger partial charge in [-0.25, -0.2) is 9.18 Å². The molecule has 0 saturated heterocycles. The first kappa shape index (κ1) is 12.1. The zero-order chi connectivity index (χ0) is 13.1. The predicted octanol–water partition coefficient (Wildman–Crippen LogP) is 1.84. The fraction of sp³-hybridized carbons (Fsp3) is 0.167. The summed E-state index contributed by atoms with van der Waals surface area (Å²) in [5.41, 5.74) is 0.501. The second-order valence-electron chi connectivity index (χ2n) is 3.68. The maximum atomic E-state index is 12.9. The van der Waals surface area contributed by atoms with E-state index in [2.05, 4.69) is 5.10 Å². The molecule has 0 unspecified atom stereocenters. The Hall–Kier alpha value is -2.37. The Kier molecular flexibility index (Phi) is 3.27. The van der Waals surface area contributed by atoms with E-state index in [1.165, 1.54) is 29.1 Å². The molecule has 0 fully saturated rings. The molecule has 0 bridgehead atoms. The smallest absolute Gasteiger partial charge is 0.339 e. The minimum absolute atomic E-state index is 0.0155. The summed E-state index contributed by atoms with van der Waals surface area (Å²) >= 11 is 0. The lowest BCUT2D eigenvalue weighted by Crippen LogP contribution is -2.08. The van der Waals surface area contributed by atoms with Crippen molar-refractivity contribution in [2.24, 2.45) is 7.05 Å². The highest BCUT2D eigenvalue weighted by molar-refractivity contribution is 5.88. The molecule has 5 nitrogen and oxygen atoms in total. The number of halogens is 1. The van der Waals surface area contributed by atoms with Crippen molar-refractivity contribution in [3.05, 3.63) is 47.5 Å². The molecule has 0 aliphatic carbocycles. The van der Waals surface area contributed by atoms with Crippen LogP contribution in [0.2, 0.25) is 0 Å². The maximum absolute atomic E-state index is 12.9. The lowest BCUT2D eigenvalue weighted by atomic mass is 10.2. The van der Waals surface area contributed by atoms with E-state index in [0.29, 0.717) is 11.4 Å². The van der Waals surface area contributed by atoms with Crippen molar-refractivity contribution in [3.8, 4) is 5.75 Å². The van der Waals surface area contributed by atoms with Crippen LogP contribution in [0.5, 0.6) is 5.75 Å².